The average Bonchev–Trinajstić information content (AvgIpc) is 2.54. The predicted molar refractivity (Wildman–Crippen MR) is 108 cm³/mol. The van der Waals surface area contributed by atoms with Gasteiger partial charge in [-0.25, -0.2) is 0 Å². The lowest BCUT2D eigenvalue weighted by Crippen LogP contribution is -2.73. The Bertz CT molecular complexity index is 678. The molecule has 3 saturated heterocycles. The average molecular weight is 372 g/mol. The summed E-state index contributed by atoms with van der Waals surface area (Å²) in [5, 5.41) is 10.8. The molecule has 0 saturated carbocycles. The van der Waals surface area contributed by atoms with Crippen molar-refractivity contribution in [2.45, 2.75) is 51.7 Å². The first-order chi connectivity index (χ1) is 12.8. The summed E-state index contributed by atoms with van der Waals surface area (Å²) in [6, 6.07) is 9.19. The third kappa shape index (κ3) is 3.72. The second kappa shape index (κ2) is 6.78. The van der Waals surface area contributed by atoms with E-state index in [2.05, 4.69) is 54.8 Å². The molecule has 0 unspecified atom stereocenters. The number of benzene rings is 1. The van der Waals surface area contributed by atoms with Gasteiger partial charge < -0.3 is 19.8 Å². The maximum Gasteiger partial charge on any atom is 0.225 e. The fraction of sp³-hybridized carbons (Fsp3) is 0.682. The summed E-state index contributed by atoms with van der Waals surface area (Å²) < 4.78 is 0. The van der Waals surface area contributed by atoms with Crippen molar-refractivity contribution >= 4 is 11.6 Å². The van der Waals surface area contributed by atoms with Gasteiger partial charge >= 0.3 is 0 Å². The molecule has 0 bridgehead atoms. The van der Waals surface area contributed by atoms with E-state index in [1.165, 1.54) is 11.3 Å². The zero-order chi connectivity index (χ0) is 19.2. The normalized spacial score (nSPS) is 24.0. The Hall–Kier alpha value is -1.59. The van der Waals surface area contributed by atoms with Crippen LogP contribution in [0.5, 0.6) is 0 Å². The number of aryl methyl sites for hydroxylation is 1. The number of hydrogen-bond donors (Lipinski definition) is 1. The van der Waals surface area contributed by atoms with E-state index < -0.39 is 5.60 Å². The number of nitrogens with zero attached hydrogens (tertiary/aromatic N) is 3. The predicted octanol–water partition coefficient (Wildman–Crippen LogP) is 2.27. The van der Waals surface area contributed by atoms with Crippen LogP contribution in [-0.4, -0.2) is 71.7 Å². The van der Waals surface area contributed by atoms with Crippen LogP contribution in [0.25, 0.3) is 0 Å². The summed E-state index contributed by atoms with van der Waals surface area (Å²) in [6.45, 7) is 12.0. The summed E-state index contributed by atoms with van der Waals surface area (Å²) in [6.07, 6.45) is 1.70. The van der Waals surface area contributed by atoms with Crippen LogP contribution in [0.1, 0.15) is 38.7 Å². The van der Waals surface area contributed by atoms with Gasteiger partial charge in [0.15, 0.2) is 0 Å². The molecule has 4 rings (SSSR count). The van der Waals surface area contributed by atoms with Gasteiger partial charge in [-0.2, -0.15) is 0 Å². The van der Waals surface area contributed by atoms with E-state index in [-0.39, 0.29) is 17.7 Å². The molecule has 0 radical (unpaired) electrons. The van der Waals surface area contributed by atoms with Crippen molar-refractivity contribution in [2.24, 2.45) is 5.41 Å². The molecule has 1 amide bonds. The molecule has 3 aliphatic heterocycles. The van der Waals surface area contributed by atoms with Gasteiger partial charge in [-0.15, -0.1) is 0 Å². The van der Waals surface area contributed by atoms with Crippen LogP contribution >= 0.6 is 0 Å². The Labute approximate surface area is 162 Å². The smallest absolute Gasteiger partial charge is 0.225 e. The number of likely N-dealkylation sites (tertiary alicyclic amines) is 2. The van der Waals surface area contributed by atoms with E-state index in [9.17, 15) is 9.90 Å². The van der Waals surface area contributed by atoms with Gasteiger partial charge in [-0.3, -0.25) is 4.79 Å². The number of rotatable bonds is 4. The van der Waals surface area contributed by atoms with E-state index in [0.29, 0.717) is 18.9 Å². The molecular weight excluding hydrogens is 338 g/mol. The van der Waals surface area contributed by atoms with Gasteiger partial charge in [0.05, 0.1) is 12.0 Å². The van der Waals surface area contributed by atoms with Crippen LogP contribution in [0, 0.1) is 12.3 Å². The Morgan fingerprint density at radius 1 is 1.07 bits per heavy atom. The number of hydrogen-bond acceptors (Lipinski definition) is 4. The van der Waals surface area contributed by atoms with E-state index in [1.807, 2.05) is 4.90 Å². The topological polar surface area (TPSA) is 47.0 Å². The lowest BCUT2D eigenvalue weighted by Gasteiger charge is -2.61. The molecule has 1 N–H and O–H groups in total. The minimum atomic E-state index is -0.807. The summed E-state index contributed by atoms with van der Waals surface area (Å²) in [5.74, 6) is 0.134. The van der Waals surface area contributed by atoms with Gasteiger partial charge in [0.1, 0.15) is 0 Å². The van der Waals surface area contributed by atoms with Crippen LogP contribution in [0.2, 0.25) is 0 Å². The number of anilines is 1. The van der Waals surface area contributed by atoms with Crippen LogP contribution < -0.4 is 4.90 Å². The lowest BCUT2D eigenvalue weighted by molar-refractivity contribution is -0.152. The van der Waals surface area contributed by atoms with Gasteiger partial charge in [0.25, 0.3) is 0 Å². The van der Waals surface area contributed by atoms with Crippen molar-refractivity contribution in [3.63, 3.8) is 0 Å². The molecule has 0 aromatic heterocycles. The van der Waals surface area contributed by atoms with Crippen molar-refractivity contribution < 1.29 is 9.90 Å². The zero-order valence-corrected chi connectivity index (χ0v) is 16.9. The van der Waals surface area contributed by atoms with Gasteiger partial charge in [0, 0.05) is 56.4 Å². The number of amides is 1. The van der Waals surface area contributed by atoms with E-state index in [0.717, 1.165) is 39.3 Å². The highest BCUT2D eigenvalue weighted by atomic mass is 16.3. The molecule has 0 atom stereocenters. The highest BCUT2D eigenvalue weighted by Crippen LogP contribution is 2.42. The SMILES string of the molecule is Cc1ccc(N2CC3(CN(C(=O)CC4(O)CCN(C(C)C)CC4)C3)C2)cc1. The lowest BCUT2D eigenvalue weighted by atomic mass is 9.72. The van der Waals surface area contributed by atoms with Crippen LogP contribution in [0.4, 0.5) is 5.69 Å². The number of carbonyl (C=O) groups is 1. The van der Waals surface area contributed by atoms with E-state index in [4.69, 9.17) is 0 Å². The summed E-state index contributed by atoms with van der Waals surface area (Å²) >= 11 is 0. The van der Waals surface area contributed by atoms with Crippen molar-refractivity contribution in [3.8, 4) is 0 Å². The highest BCUT2D eigenvalue weighted by molar-refractivity contribution is 5.78. The van der Waals surface area contributed by atoms with E-state index in [1.54, 1.807) is 0 Å². The standard InChI is InChI=1S/C22H33N3O2/c1-17(2)23-10-8-22(27,9-11-23)12-20(26)25-15-21(16-25)13-24(14-21)19-6-4-18(3)5-7-19/h4-7,17,27H,8-16H2,1-3H3. The third-order valence-corrected chi connectivity index (χ3v) is 6.80. The molecular formula is C22H33N3O2. The van der Waals surface area contributed by atoms with Gasteiger partial charge in [-0.05, 0) is 45.7 Å². The molecule has 3 heterocycles. The van der Waals surface area contributed by atoms with Gasteiger partial charge in [0.2, 0.25) is 5.91 Å². The molecule has 1 aromatic carbocycles. The minimum absolute atomic E-state index is 0.134. The summed E-state index contributed by atoms with van der Waals surface area (Å²) in [5.41, 5.74) is 2.04. The number of aliphatic hydroxyl groups is 1. The van der Waals surface area contributed by atoms with Crippen LogP contribution in [-0.2, 0) is 4.79 Å². The molecule has 3 fully saturated rings. The molecule has 1 aromatic rings. The van der Waals surface area contributed by atoms with E-state index >= 15 is 0 Å². The summed E-state index contributed by atoms with van der Waals surface area (Å²) in [4.78, 5) is 19.4. The Morgan fingerprint density at radius 3 is 2.22 bits per heavy atom. The number of carbonyl (C=O) groups excluding carboxylic acids is 1. The fourth-order valence-corrected chi connectivity index (χ4v) is 4.87. The Morgan fingerprint density at radius 2 is 1.67 bits per heavy atom. The van der Waals surface area contributed by atoms with Crippen molar-refractivity contribution in [1.82, 2.24) is 9.80 Å². The quantitative estimate of drug-likeness (QED) is 0.882. The maximum atomic E-state index is 12.7. The monoisotopic (exact) mass is 371 g/mol. The first-order valence-electron chi connectivity index (χ1n) is 10.3. The first kappa shape index (κ1) is 18.8. The third-order valence-electron chi connectivity index (χ3n) is 6.80. The Balaban J connectivity index is 1.23. The number of piperidine rings is 1. The Kier molecular flexibility index (Phi) is 4.71. The highest BCUT2D eigenvalue weighted by Gasteiger charge is 2.53. The molecule has 5 nitrogen and oxygen atoms in total. The molecule has 0 aliphatic carbocycles. The summed E-state index contributed by atoms with van der Waals surface area (Å²) in [7, 11) is 0. The minimum Gasteiger partial charge on any atom is -0.389 e. The van der Waals surface area contributed by atoms with Crippen LogP contribution in [0.15, 0.2) is 24.3 Å². The zero-order valence-electron chi connectivity index (χ0n) is 16.9. The first-order valence-corrected chi connectivity index (χ1v) is 10.3. The van der Waals surface area contributed by atoms with Crippen LogP contribution in [0.3, 0.4) is 0 Å². The largest absolute Gasteiger partial charge is 0.389 e. The maximum absolute atomic E-state index is 12.7. The molecule has 1 spiro atoms. The molecule has 5 heteroatoms. The second-order valence-corrected chi connectivity index (χ2v) is 9.47. The molecule has 27 heavy (non-hydrogen) atoms. The van der Waals surface area contributed by atoms with Crippen molar-refractivity contribution in [3.05, 3.63) is 29.8 Å². The second-order valence-electron chi connectivity index (χ2n) is 9.47. The molecule has 3 aliphatic rings. The fourth-order valence-electron chi connectivity index (χ4n) is 4.87. The van der Waals surface area contributed by atoms with Crippen molar-refractivity contribution in [1.29, 1.82) is 0 Å². The molecule has 148 valence electrons. The van der Waals surface area contributed by atoms with Crippen molar-refractivity contribution in [2.75, 3.05) is 44.2 Å². The van der Waals surface area contributed by atoms with Gasteiger partial charge in [-0.1, -0.05) is 17.7 Å².